The van der Waals surface area contributed by atoms with Gasteiger partial charge in [0, 0.05) is 29.7 Å². The van der Waals surface area contributed by atoms with Gasteiger partial charge in [0.1, 0.15) is 0 Å². The van der Waals surface area contributed by atoms with Gasteiger partial charge in [-0.25, -0.2) is 4.68 Å². The molecule has 0 saturated heterocycles. The van der Waals surface area contributed by atoms with Crippen LogP contribution >= 0.6 is 0 Å². The Morgan fingerprint density at radius 3 is 2.81 bits per heavy atom. The standard InChI is InChI=1S/C22H25N7O3/c1-13(2)24-20(30)12-32-18-8-5-14(10-19(18)31-4)21-26-22(28-29(21)3)25-16-6-7-17-15(9-16)11-23-27-17/h5-11,13H,12H2,1-4H3,(H,23,27)(H,24,30)(H,25,28). The summed E-state index contributed by atoms with van der Waals surface area (Å²) in [6.07, 6.45) is 1.76. The number of methoxy groups -OCH3 is 1. The van der Waals surface area contributed by atoms with Crippen molar-refractivity contribution in [3.8, 4) is 22.9 Å². The first-order valence-corrected chi connectivity index (χ1v) is 10.1. The molecular weight excluding hydrogens is 410 g/mol. The number of carbonyl (C=O) groups excluding carboxylic acids is 1. The van der Waals surface area contributed by atoms with Gasteiger partial charge in [-0.15, -0.1) is 5.10 Å². The van der Waals surface area contributed by atoms with Crippen LogP contribution in [0.2, 0.25) is 0 Å². The molecule has 1 amide bonds. The fraction of sp³-hybridized carbons (Fsp3) is 0.273. The number of carbonyl (C=O) groups is 1. The molecular formula is C22H25N7O3. The third-order valence-corrected chi connectivity index (χ3v) is 4.69. The summed E-state index contributed by atoms with van der Waals surface area (Å²) in [6, 6.07) is 11.3. The summed E-state index contributed by atoms with van der Waals surface area (Å²) in [5, 5.41) is 18.4. The molecule has 4 rings (SSSR count). The van der Waals surface area contributed by atoms with E-state index in [0.717, 1.165) is 22.2 Å². The summed E-state index contributed by atoms with van der Waals surface area (Å²) < 4.78 is 12.8. The molecule has 4 aromatic rings. The topological polar surface area (TPSA) is 119 Å². The summed E-state index contributed by atoms with van der Waals surface area (Å²) in [5.74, 6) is 1.91. The highest BCUT2D eigenvalue weighted by Crippen LogP contribution is 2.32. The number of fused-ring (bicyclic) bond motifs is 1. The van der Waals surface area contributed by atoms with Crippen molar-refractivity contribution in [2.45, 2.75) is 19.9 Å². The van der Waals surface area contributed by atoms with Gasteiger partial charge in [-0.3, -0.25) is 9.89 Å². The average Bonchev–Trinajstić information content (AvgIpc) is 3.37. The van der Waals surface area contributed by atoms with Gasteiger partial charge in [-0.1, -0.05) is 0 Å². The number of nitrogens with one attached hydrogen (secondary N) is 3. The lowest BCUT2D eigenvalue weighted by Gasteiger charge is -2.13. The van der Waals surface area contributed by atoms with Crippen LogP contribution in [0.1, 0.15) is 13.8 Å². The van der Waals surface area contributed by atoms with Gasteiger partial charge in [0.15, 0.2) is 23.9 Å². The van der Waals surface area contributed by atoms with Crippen molar-refractivity contribution in [3.63, 3.8) is 0 Å². The van der Waals surface area contributed by atoms with Crippen LogP contribution in [0.25, 0.3) is 22.3 Å². The number of nitrogens with zero attached hydrogens (tertiary/aromatic N) is 4. The Morgan fingerprint density at radius 2 is 2.03 bits per heavy atom. The van der Waals surface area contributed by atoms with E-state index >= 15 is 0 Å². The van der Waals surface area contributed by atoms with Crippen molar-refractivity contribution in [3.05, 3.63) is 42.6 Å². The third kappa shape index (κ3) is 4.64. The zero-order valence-corrected chi connectivity index (χ0v) is 18.3. The van der Waals surface area contributed by atoms with Crippen LogP contribution in [0.5, 0.6) is 11.5 Å². The molecule has 0 aliphatic rings. The number of ether oxygens (including phenoxy) is 2. The van der Waals surface area contributed by atoms with E-state index in [0.29, 0.717) is 23.3 Å². The molecule has 0 saturated carbocycles. The van der Waals surface area contributed by atoms with Gasteiger partial charge in [0.25, 0.3) is 5.91 Å². The fourth-order valence-electron chi connectivity index (χ4n) is 3.27. The Morgan fingerprint density at radius 1 is 1.19 bits per heavy atom. The smallest absolute Gasteiger partial charge is 0.258 e. The number of aromatic amines is 1. The quantitative estimate of drug-likeness (QED) is 0.389. The molecule has 2 heterocycles. The van der Waals surface area contributed by atoms with Crippen LogP contribution in [0.3, 0.4) is 0 Å². The van der Waals surface area contributed by atoms with Crippen LogP contribution in [-0.4, -0.2) is 50.6 Å². The number of hydrogen-bond acceptors (Lipinski definition) is 7. The lowest BCUT2D eigenvalue weighted by atomic mass is 10.2. The van der Waals surface area contributed by atoms with E-state index in [1.54, 1.807) is 30.1 Å². The monoisotopic (exact) mass is 435 g/mol. The molecule has 0 radical (unpaired) electrons. The van der Waals surface area contributed by atoms with Crippen LogP contribution in [-0.2, 0) is 11.8 Å². The zero-order chi connectivity index (χ0) is 22.7. The lowest BCUT2D eigenvalue weighted by Crippen LogP contribution is -2.34. The Labute approximate surface area is 184 Å². The minimum Gasteiger partial charge on any atom is -0.493 e. The highest BCUT2D eigenvalue weighted by Gasteiger charge is 2.14. The van der Waals surface area contributed by atoms with Crippen molar-refractivity contribution >= 4 is 28.4 Å². The second-order valence-electron chi connectivity index (χ2n) is 7.56. The molecule has 3 N–H and O–H groups in total. The van der Waals surface area contributed by atoms with E-state index in [2.05, 4.69) is 30.9 Å². The molecule has 32 heavy (non-hydrogen) atoms. The van der Waals surface area contributed by atoms with Gasteiger partial charge in [-0.05, 0) is 50.2 Å². The molecule has 10 heteroatoms. The first-order valence-electron chi connectivity index (χ1n) is 10.1. The molecule has 0 spiro atoms. The van der Waals surface area contributed by atoms with Crippen molar-refractivity contribution in [2.24, 2.45) is 7.05 Å². The number of anilines is 2. The van der Waals surface area contributed by atoms with Gasteiger partial charge in [0.2, 0.25) is 5.95 Å². The minimum absolute atomic E-state index is 0.0516. The lowest BCUT2D eigenvalue weighted by molar-refractivity contribution is -0.123. The molecule has 0 atom stereocenters. The molecule has 2 aromatic carbocycles. The number of aryl methyl sites for hydroxylation is 1. The molecule has 0 fully saturated rings. The van der Waals surface area contributed by atoms with Gasteiger partial charge < -0.3 is 20.1 Å². The normalized spacial score (nSPS) is 11.0. The van der Waals surface area contributed by atoms with Crippen LogP contribution in [0.15, 0.2) is 42.6 Å². The third-order valence-electron chi connectivity index (χ3n) is 4.69. The van der Waals surface area contributed by atoms with Gasteiger partial charge >= 0.3 is 0 Å². The van der Waals surface area contributed by atoms with Gasteiger partial charge in [-0.2, -0.15) is 10.1 Å². The van der Waals surface area contributed by atoms with Crippen molar-refractivity contribution in [2.75, 3.05) is 19.0 Å². The van der Waals surface area contributed by atoms with E-state index in [9.17, 15) is 4.79 Å². The summed E-state index contributed by atoms with van der Waals surface area (Å²) in [6.45, 7) is 3.70. The number of hydrogen-bond donors (Lipinski definition) is 3. The molecule has 0 unspecified atom stereocenters. The Balaban J connectivity index is 1.51. The number of benzene rings is 2. The summed E-state index contributed by atoms with van der Waals surface area (Å²) >= 11 is 0. The predicted octanol–water partition coefficient (Wildman–Crippen LogP) is 3.01. The first kappa shape index (κ1) is 21.2. The summed E-state index contributed by atoms with van der Waals surface area (Å²) in [5.41, 5.74) is 2.62. The molecule has 0 aliphatic carbocycles. The maximum Gasteiger partial charge on any atom is 0.258 e. The van der Waals surface area contributed by atoms with Crippen LogP contribution in [0, 0.1) is 0 Å². The predicted molar refractivity (Wildman–Crippen MR) is 121 cm³/mol. The molecule has 0 bridgehead atoms. The van der Waals surface area contributed by atoms with Crippen LogP contribution in [0.4, 0.5) is 11.6 Å². The molecule has 166 valence electrons. The van der Waals surface area contributed by atoms with Crippen molar-refractivity contribution in [1.29, 1.82) is 0 Å². The van der Waals surface area contributed by atoms with Crippen LogP contribution < -0.4 is 20.1 Å². The Bertz CT molecular complexity index is 1250. The average molecular weight is 435 g/mol. The highest BCUT2D eigenvalue weighted by molar-refractivity contribution is 5.82. The second-order valence-corrected chi connectivity index (χ2v) is 7.56. The van der Waals surface area contributed by atoms with Crippen molar-refractivity contribution < 1.29 is 14.3 Å². The minimum atomic E-state index is -0.191. The highest BCUT2D eigenvalue weighted by atomic mass is 16.5. The zero-order valence-electron chi connectivity index (χ0n) is 18.3. The number of aromatic nitrogens is 5. The second kappa shape index (κ2) is 8.96. The Kier molecular flexibility index (Phi) is 5.93. The number of amides is 1. The van der Waals surface area contributed by atoms with E-state index in [1.807, 2.05) is 45.2 Å². The molecule has 0 aliphatic heterocycles. The molecule has 2 aromatic heterocycles. The maximum atomic E-state index is 11.9. The maximum absolute atomic E-state index is 11.9. The summed E-state index contributed by atoms with van der Waals surface area (Å²) in [4.78, 5) is 16.5. The Hall–Kier alpha value is -4.08. The largest absolute Gasteiger partial charge is 0.493 e. The number of rotatable bonds is 8. The van der Waals surface area contributed by atoms with Crippen molar-refractivity contribution in [1.82, 2.24) is 30.3 Å². The first-order chi connectivity index (χ1) is 15.4. The van der Waals surface area contributed by atoms with E-state index in [1.165, 1.54) is 0 Å². The van der Waals surface area contributed by atoms with Gasteiger partial charge in [0.05, 0.1) is 18.8 Å². The SMILES string of the molecule is COc1cc(-c2nc(Nc3ccc4[nH]ncc4c3)nn2C)ccc1OCC(=O)NC(C)C. The van der Waals surface area contributed by atoms with E-state index in [-0.39, 0.29) is 18.6 Å². The summed E-state index contributed by atoms with van der Waals surface area (Å²) in [7, 11) is 3.37. The number of H-pyrrole nitrogens is 1. The molecule has 10 nitrogen and oxygen atoms in total. The van der Waals surface area contributed by atoms with E-state index < -0.39 is 0 Å². The van der Waals surface area contributed by atoms with E-state index in [4.69, 9.17) is 9.47 Å². The fourth-order valence-corrected chi connectivity index (χ4v) is 3.27.